The van der Waals surface area contributed by atoms with E-state index in [-0.39, 0.29) is 17.2 Å². The molecule has 0 aliphatic heterocycles. The number of anilines is 1. The minimum atomic E-state index is -0.900. The Morgan fingerprint density at radius 2 is 2.10 bits per heavy atom. The van der Waals surface area contributed by atoms with Crippen molar-refractivity contribution in [2.45, 2.75) is 51.7 Å². The van der Waals surface area contributed by atoms with Gasteiger partial charge in [0.2, 0.25) is 0 Å². The Morgan fingerprint density at radius 3 is 2.73 bits per heavy atom. The molecule has 1 aliphatic rings. The molecule has 2 aromatic heterocycles. The average molecular weight is 410 g/mol. The van der Waals surface area contributed by atoms with E-state index in [9.17, 15) is 5.11 Å². The van der Waals surface area contributed by atoms with Gasteiger partial charge in [-0.1, -0.05) is 20.3 Å². The normalized spacial score (nSPS) is 24.0. The van der Waals surface area contributed by atoms with Crippen LogP contribution in [0.25, 0.3) is 16.9 Å². The van der Waals surface area contributed by atoms with Crippen molar-refractivity contribution in [2.75, 3.05) is 11.9 Å². The summed E-state index contributed by atoms with van der Waals surface area (Å²) in [5, 5.41) is 19.1. The zero-order valence-corrected chi connectivity index (χ0v) is 17.7. The maximum absolute atomic E-state index is 15.3. The Balaban J connectivity index is 1.54. The van der Waals surface area contributed by atoms with Crippen LogP contribution in [-0.4, -0.2) is 44.1 Å². The van der Waals surface area contributed by atoms with Gasteiger partial charge in [-0.2, -0.15) is 0 Å². The molecular formula is C23H28FN5O. The zero-order valence-electron chi connectivity index (χ0n) is 17.7. The average Bonchev–Trinajstić information content (AvgIpc) is 3.30. The van der Waals surface area contributed by atoms with Crippen LogP contribution < -0.4 is 4.90 Å². The molecule has 7 heteroatoms. The Morgan fingerprint density at radius 1 is 1.27 bits per heavy atom. The maximum Gasteiger partial charge on any atom is 0.151 e. The molecule has 30 heavy (non-hydrogen) atoms. The van der Waals surface area contributed by atoms with Crippen molar-refractivity contribution in [3.63, 3.8) is 0 Å². The summed E-state index contributed by atoms with van der Waals surface area (Å²) in [7, 11) is 1.89. The molecule has 1 aromatic carbocycles. The molecule has 1 aliphatic carbocycles. The number of alkyl halides is 1. The van der Waals surface area contributed by atoms with E-state index in [4.69, 9.17) is 0 Å². The molecule has 2 heterocycles. The second kappa shape index (κ2) is 8.05. The number of imidazole rings is 1. The molecule has 0 amide bonds. The number of hydrogen-bond acceptors (Lipinski definition) is 5. The van der Waals surface area contributed by atoms with Gasteiger partial charge in [-0.15, -0.1) is 10.2 Å². The lowest BCUT2D eigenvalue weighted by molar-refractivity contribution is 0.0493. The van der Waals surface area contributed by atoms with E-state index >= 15 is 4.39 Å². The number of phenolic OH excluding ortho intramolecular Hbond substituents is 1. The van der Waals surface area contributed by atoms with Gasteiger partial charge in [0.05, 0.1) is 23.8 Å². The van der Waals surface area contributed by atoms with Gasteiger partial charge < -0.3 is 14.6 Å². The van der Waals surface area contributed by atoms with Crippen molar-refractivity contribution in [3.05, 3.63) is 49.1 Å². The molecule has 1 N–H and O–H groups in total. The molecule has 4 rings (SSSR count). The van der Waals surface area contributed by atoms with Gasteiger partial charge in [-0.25, -0.2) is 9.37 Å². The molecule has 6 nitrogen and oxygen atoms in total. The number of hydrogen-bond donors (Lipinski definition) is 1. The van der Waals surface area contributed by atoms with Crippen LogP contribution in [0.1, 0.15) is 39.5 Å². The van der Waals surface area contributed by atoms with E-state index < -0.39 is 6.17 Å². The highest BCUT2D eigenvalue weighted by molar-refractivity contribution is 5.69. The minimum Gasteiger partial charge on any atom is -0.507 e. The number of aromatic hydroxyl groups is 1. The first-order chi connectivity index (χ1) is 14.4. The Hall–Kier alpha value is -2.96. The van der Waals surface area contributed by atoms with Gasteiger partial charge >= 0.3 is 0 Å². The summed E-state index contributed by atoms with van der Waals surface area (Å²) in [6.07, 6.45) is 7.85. The molecule has 0 unspecified atom stereocenters. The van der Waals surface area contributed by atoms with Crippen molar-refractivity contribution < 1.29 is 9.50 Å². The fraction of sp³-hybridized carbons (Fsp3) is 0.435. The van der Waals surface area contributed by atoms with E-state index in [1.54, 1.807) is 18.6 Å². The monoisotopic (exact) mass is 409 g/mol. The lowest BCUT2D eigenvalue weighted by Crippen LogP contribution is -2.50. The number of benzene rings is 1. The predicted molar refractivity (Wildman–Crippen MR) is 116 cm³/mol. The van der Waals surface area contributed by atoms with Crippen LogP contribution in [0.15, 0.2) is 49.1 Å². The molecule has 158 valence electrons. The van der Waals surface area contributed by atoms with Crippen molar-refractivity contribution in [3.8, 4) is 22.7 Å². The Bertz CT molecular complexity index is 991. The molecule has 0 spiro atoms. The summed E-state index contributed by atoms with van der Waals surface area (Å²) < 4.78 is 17.1. The fourth-order valence-corrected chi connectivity index (χ4v) is 4.36. The van der Waals surface area contributed by atoms with Gasteiger partial charge in [0, 0.05) is 36.5 Å². The summed E-state index contributed by atoms with van der Waals surface area (Å²) >= 11 is 0. The largest absolute Gasteiger partial charge is 0.507 e. The van der Waals surface area contributed by atoms with Crippen LogP contribution in [-0.2, 0) is 0 Å². The highest BCUT2D eigenvalue weighted by Gasteiger charge is 2.43. The highest BCUT2D eigenvalue weighted by atomic mass is 19.1. The zero-order chi connectivity index (χ0) is 21.3. The van der Waals surface area contributed by atoms with Gasteiger partial charge in [-0.05, 0) is 43.5 Å². The summed E-state index contributed by atoms with van der Waals surface area (Å²) in [5.41, 5.74) is 1.69. The number of rotatable bonds is 5. The Kier molecular flexibility index (Phi) is 5.45. The van der Waals surface area contributed by atoms with E-state index in [0.717, 1.165) is 31.4 Å². The third kappa shape index (κ3) is 3.64. The second-order valence-electron chi connectivity index (χ2n) is 8.43. The van der Waals surface area contributed by atoms with Crippen molar-refractivity contribution in [2.24, 2.45) is 5.41 Å². The summed E-state index contributed by atoms with van der Waals surface area (Å²) in [5.74, 6) is 0.757. The fourth-order valence-electron chi connectivity index (χ4n) is 4.36. The van der Waals surface area contributed by atoms with Crippen LogP contribution in [0.2, 0.25) is 0 Å². The first kappa shape index (κ1) is 20.3. The quantitative estimate of drug-likeness (QED) is 0.657. The molecule has 3 aromatic rings. The van der Waals surface area contributed by atoms with Crippen LogP contribution in [0.3, 0.4) is 0 Å². The first-order valence-electron chi connectivity index (χ1n) is 10.5. The van der Waals surface area contributed by atoms with Gasteiger partial charge in [0.15, 0.2) is 5.82 Å². The number of nitrogens with zero attached hydrogens (tertiary/aromatic N) is 5. The summed E-state index contributed by atoms with van der Waals surface area (Å²) in [6.45, 7) is 4.11. The van der Waals surface area contributed by atoms with E-state index in [1.807, 2.05) is 53.9 Å². The first-order valence-corrected chi connectivity index (χ1v) is 10.5. The van der Waals surface area contributed by atoms with Crippen LogP contribution in [0, 0.1) is 5.41 Å². The van der Waals surface area contributed by atoms with Crippen LogP contribution in [0.4, 0.5) is 10.2 Å². The SMILES string of the molecule is CC[C@]1(C)CCC[C@H](N(C)c2ccc(-c3ccc(-n4ccnc4)cc3O)nn2)[C@@H]1F. The van der Waals surface area contributed by atoms with Crippen LogP contribution in [0.5, 0.6) is 5.75 Å². The van der Waals surface area contributed by atoms with Crippen molar-refractivity contribution in [1.29, 1.82) is 0 Å². The predicted octanol–water partition coefficient (Wildman–Crippen LogP) is 4.78. The van der Waals surface area contributed by atoms with E-state index in [0.29, 0.717) is 17.1 Å². The highest BCUT2D eigenvalue weighted by Crippen LogP contribution is 2.43. The third-order valence-corrected chi connectivity index (χ3v) is 6.63. The van der Waals surface area contributed by atoms with E-state index in [2.05, 4.69) is 22.1 Å². The smallest absolute Gasteiger partial charge is 0.151 e. The molecule has 0 bridgehead atoms. The van der Waals surface area contributed by atoms with Crippen molar-refractivity contribution >= 4 is 5.82 Å². The lowest BCUT2D eigenvalue weighted by Gasteiger charge is -2.44. The maximum atomic E-state index is 15.3. The van der Waals surface area contributed by atoms with Gasteiger partial charge in [0.25, 0.3) is 0 Å². The molecule has 0 radical (unpaired) electrons. The van der Waals surface area contributed by atoms with Crippen molar-refractivity contribution in [1.82, 2.24) is 19.7 Å². The Labute approximate surface area is 176 Å². The lowest BCUT2D eigenvalue weighted by atomic mass is 9.70. The third-order valence-electron chi connectivity index (χ3n) is 6.63. The summed E-state index contributed by atoms with van der Waals surface area (Å²) in [4.78, 5) is 5.93. The van der Waals surface area contributed by atoms with E-state index in [1.165, 1.54) is 0 Å². The topological polar surface area (TPSA) is 67.1 Å². The van der Waals surface area contributed by atoms with Crippen LogP contribution >= 0.6 is 0 Å². The molecule has 0 saturated heterocycles. The van der Waals surface area contributed by atoms with Gasteiger partial charge in [0.1, 0.15) is 11.9 Å². The molecule has 3 atom stereocenters. The number of aromatic nitrogens is 4. The standard InChI is InChI=1S/C23H28FN5O/c1-4-23(2)11-5-6-19(22(23)24)28(3)21-10-9-18(26-27-21)17-8-7-16(14-20(17)30)29-13-12-25-15-29/h7-10,12-15,19,22,30H,4-6,11H2,1-3H3/t19-,22-,23+/m0/s1. The number of phenols is 1. The van der Waals surface area contributed by atoms with Gasteiger partial charge in [-0.3, -0.25) is 0 Å². The second-order valence-corrected chi connectivity index (χ2v) is 8.43. The number of halogens is 1. The molecular weight excluding hydrogens is 381 g/mol. The summed E-state index contributed by atoms with van der Waals surface area (Å²) in [6, 6.07) is 8.82. The molecule has 1 saturated carbocycles. The molecule has 1 fully saturated rings. The minimum absolute atomic E-state index is 0.117.